The highest BCUT2D eigenvalue weighted by molar-refractivity contribution is 6.32. The zero-order valence-corrected chi connectivity index (χ0v) is 14.6. The van der Waals surface area contributed by atoms with Gasteiger partial charge >= 0.3 is 11.9 Å². The van der Waals surface area contributed by atoms with Crippen LogP contribution in [0.2, 0.25) is 5.02 Å². The van der Waals surface area contributed by atoms with Crippen LogP contribution in [0.5, 0.6) is 5.75 Å². The maximum absolute atomic E-state index is 12.0. The average Bonchev–Trinajstić information content (AvgIpc) is 2.97. The fourth-order valence-electron chi connectivity index (χ4n) is 2.27. The Morgan fingerprint density at radius 3 is 2.59 bits per heavy atom. The number of halogens is 1. The number of nitro groups is 1. The van der Waals surface area contributed by atoms with E-state index in [9.17, 15) is 19.7 Å². The molecule has 0 aliphatic carbocycles. The largest absolute Gasteiger partial charge is 0.427 e. The van der Waals surface area contributed by atoms with Gasteiger partial charge in [-0.1, -0.05) is 23.7 Å². The van der Waals surface area contributed by atoms with Gasteiger partial charge in [0.15, 0.2) is 5.70 Å². The van der Waals surface area contributed by atoms with Crippen LogP contribution in [0.4, 0.5) is 5.69 Å². The molecule has 0 radical (unpaired) electrons. The predicted octanol–water partition coefficient (Wildman–Crippen LogP) is 3.52. The molecule has 0 unspecified atom stereocenters. The third-order valence-electron chi connectivity index (χ3n) is 3.46. The molecule has 1 heterocycles. The summed E-state index contributed by atoms with van der Waals surface area (Å²) in [5.41, 5.74) is 0.604. The van der Waals surface area contributed by atoms with E-state index in [-0.39, 0.29) is 27.9 Å². The van der Waals surface area contributed by atoms with Crippen molar-refractivity contribution in [3.63, 3.8) is 0 Å². The number of cyclic esters (lactones) is 1. The summed E-state index contributed by atoms with van der Waals surface area (Å²) in [4.78, 5) is 37.4. The molecule has 1 aliphatic heterocycles. The minimum atomic E-state index is -0.688. The summed E-state index contributed by atoms with van der Waals surface area (Å²) in [6.07, 6.45) is 1.48. The Hall–Kier alpha value is -3.52. The second-order valence-electron chi connectivity index (χ2n) is 5.42. The quantitative estimate of drug-likeness (QED) is 0.261. The van der Waals surface area contributed by atoms with E-state index in [2.05, 4.69) is 4.99 Å². The number of benzene rings is 2. The number of esters is 2. The lowest BCUT2D eigenvalue weighted by atomic mass is 10.2. The maximum atomic E-state index is 12.0. The number of nitrogens with zero attached hydrogens (tertiary/aromatic N) is 2. The zero-order chi connectivity index (χ0) is 19.6. The molecule has 0 amide bonds. The molecule has 0 saturated heterocycles. The summed E-state index contributed by atoms with van der Waals surface area (Å²) in [5, 5.41) is 11.0. The van der Waals surface area contributed by atoms with Gasteiger partial charge in [-0.3, -0.25) is 14.9 Å². The first-order valence-corrected chi connectivity index (χ1v) is 7.96. The first kappa shape index (κ1) is 18.3. The van der Waals surface area contributed by atoms with E-state index in [0.717, 1.165) is 0 Å². The Balaban J connectivity index is 1.88. The van der Waals surface area contributed by atoms with Crippen molar-refractivity contribution in [2.75, 3.05) is 0 Å². The van der Waals surface area contributed by atoms with Gasteiger partial charge in [0.05, 0.1) is 4.92 Å². The predicted molar refractivity (Wildman–Crippen MR) is 96.5 cm³/mol. The molecule has 9 heteroatoms. The van der Waals surface area contributed by atoms with Crippen LogP contribution in [0.1, 0.15) is 18.1 Å². The van der Waals surface area contributed by atoms with Crippen molar-refractivity contribution in [2.24, 2.45) is 4.99 Å². The van der Waals surface area contributed by atoms with E-state index in [1.807, 2.05) is 0 Å². The second kappa shape index (κ2) is 7.38. The van der Waals surface area contributed by atoms with Gasteiger partial charge in [0.25, 0.3) is 5.69 Å². The molecule has 8 nitrogen and oxygen atoms in total. The molecular weight excluding hydrogens is 376 g/mol. The van der Waals surface area contributed by atoms with Crippen LogP contribution in [0, 0.1) is 10.1 Å². The molecule has 2 aromatic rings. The molecule has 0 N–H and O–H groups in total. The highest BCUT2D eigenvalue weighted by Gasteiger charge is 2.26. The normalized spacial score (nSPS) is 14.7. The van der Waals surface area contributed by atoms with Crippen molar-refractivity contribution >= 4 is 41.2 Å². The molecular formula is C18H11ClN2O6. The van der Waals surface area contributed by atoms with Gasteiger partial charge in [0.1, 0.15) is 10.8 Å². The number of carbonyl (C=O) groups excluding carboxylic acids is 2. The van der Waals surface area contributed by atoms with Crippen LogP contribution >= 0.6 is 11.6 Å². The van der Waals surface area contributed by atoms with Gasteiger partial charge in [-0.2, -0.15) is 0 Å². The lowest BCUT2D eigenvalue weighted by Crippen LogP contribution is -2.06. The van der Waals surface area contributed by atoms with Crippen LogP contribution in [0.3, 0.4) is 0 Å². The van der Waals surface area contributed by atoms with Gasteiger partial charge in [-0.25, -0.2) is 9.79 Å². The first-order chi connectivity index (χ1) is 12.8. The third kappa shape index (κ3) is 4.18. The number of carbonyl (C=O) groups is 2. The Morgan fingerprint density at radius 2 is 1.96 bits per heavy atom. The number of nitro benzene ring substituents is 1. The van der Waals surface area contributed by atoms with Crippen molar-refractivity contribution in [3.05, 3.63) is 74.4 Å². The highest BCUT2D eigenvalue weighted by Crippen LogP contribution is 2.27. The zero-order valence-electron chi connectivity index (χ0n) is 13.8. The number of ether oxygens (including phenoxy) is 2. The highest BCUT2D eigenvalue weighted by atomic mass is 35.5. The van der Waals surface area contributed by atoms with E-state index in [4.69, 9.17) is 21.1 Å². The first-order valence-electron chi connectivity index (χ1n) is 7.59. The molecule has 0 spiro atoms. The maximum Gasteiger partial charge on any atom is 0.363 e. The smallest absolute Gasteiger partial charge is 0.363 e. The van der Waals surface area contributed by atoms with Gasteiger partial charge < -0.3 is 9.47 Å². The van der Waals surface area contributed by atoms with Gasteiger partial charge in [-0.15, -0.1) is 0 Å². The lowest BCUT2D eigenvalue weighted by Gasteiger charge is -2.01. The Bertz CT molecular complexity index is 1010. The third-order valence-corrected chi connectivity index (χ3v) is 3.77. The van der Waals surface area contributed by atoms with Crippen molar-refractivity contribution in [3.8, 4) is 5.75 Å². The summed E-state index contributed by atoms with van der Waals surface area (Å²) in [7, 11) is 0. The van der Waals surface area contributed by atoms with Crippen LogP contribution in [0.15, 0.2) is 53.2 Å². The molecule has 0 fully saturated rings. The van der Waals surface area contributed by atoms with Crippen LogP contribution in [0.25, 0.3) is 6.08 Å². The van der Waals surface area contributed by atoms with Gasteiger partial charge in [-0.05, 0) is 35.9 Å². The topological polar surface area (TPSA) is 108 Å². The van der Waals surface area contributed by atoms with E-state index < -0.39 is 16.9 Å². The van der Waals surface area contributed by atoms with Gasteiger partial charge in [0, 0.05) is 18.6 Å². The van der Waals surface area contributed by atoms with Crippen molar-refractivity contribution in [1.82, 2.24) is 0 Å². The second-order valence-corrected chi connectivity index (χ2v) is 5.83. The van der Waals surface area contributed by atoms with Gasteiger partial charge in [0.2, 0.25) is 5.90 Å². The van der Waals surface area contributed by atoms with Crippen LogP contribution in [-0.4, -0.2) is 22.8 Å². The lowest BCUT2D eigenvalue weighted by molar-refractivity contribution is -0.384. The summed E-state index contributed by atoms with van der Waals surface area (Å²) in [6.45, 7) is 1.29. The minimum Gasteiger partial charge on any atom is -0.427 e. The number of hydrogen-bond acceptors (Lipinski definition) is 7. The molecule has 27 heavy (non-hydrogen) atoms. The molecule has 136 valence electrons. The van der Waals surface area contributed by atoms with Crippen molar-refractivity contribution in [2.45, 2.75) is 6.92 Å². The molecule has 0 saturated carbocycles. The monoisotopic (exact) mass is 386 g/mol. The summed E-state index contributed by atoms with van der Waals surface area (Å²) in [6, 6.07) is 10.4. The molecule has 3 rings (SSSR count). The summed E-state index contributed by atoms with van der Waals surface area (Å²) < 4.78 is 10.0. The fraction of sp³-hybridized carbons (Fsp3) is 0.0556. The van der Waals surface area contributed by atoms with Crippen LogP contribution < -0.4 is 4.74 Å². The van der Waals surface area contributed by atoms with E-state index in [0.29, 0.717) is 11.3 Å². The Labute approximate surface area is 157 Å². The molecule has 0 aromatic heterocycles. The number of rotatable bonds is 4. The van der Waals surface area contributed by atoms with E-state index >= 15 is 0 Å². The molecule has 0 atom stereocenters. The molecule has 0 bridgehead atoms. The Kier molecular flexibility index (Phi) is 5.00. The van der Waals surface area contributed by atoms with Crippen LogP contribution in [-0.2, 0) is 14.3 Å². The molecule has 1 aliphatic rings. The average molecular weight is 387 g/mol. The van der Waals surface area contributed by atoms with Crippen molar-refractivity contribution < 1.29 is 24.0 Å². The SMILES string of the molecule is CC(=O)Oc1ccc(/C=C2\N=C(c3ccc(Cl)c([N+](=O)[O-])c3)OC2=O)cc1. The van der Waals surface area contributed by atoms with Crippen molar-refractivity contribution in [1.29, 1.82) is 0 Å². The minimum absolute atomic E-state index is 0.0303. The number of aliphatic imine (C=N–C) groups is 1. The van der Waals surface area contributed by atoms with E-state index in [1.54, 1.807) is 24.3 Å². The fourth-order valence-corrected chi connectivity index (χ4v) is 2.46. The standard InChI is InChI=1S/C18H11ClN2O6/c1-10(22)26-13-5-2-11(3-6-13)8-15-18(23)27-17(20-15)12-4-7-14(19)16(9-12)21(24)25/h2-9H,1H3/b15-8-. The Morgan fingerprint density at radius 1 is 1.26 bits per heavy atom. The summed E-state index contributed by atoms with van der Waals surface area (Å²) >= 11 is 5.77. The molecule has 2 aromatic carbocycles. The summed E-state index contributed by atoms with van der Waals surface area (Å²) in [5.74, 6) is -0.808. The number of hydrogen-bond donors (Lipinski definition) is 0. The van der Waals surface area contributed by atoms with E-state index in [1.165, 1.54) is 31.2 Å².